The van der Waals surface area contributed by atoms with Crippen LogP contribution in [0.3, 0.4) is 0 Å². The zero-order valence-corrected chi connectivity index (χ0v) is 34.5. The normalized spacial score (nSPS) is 10.8. The standard InChI is InChI=1S/C40H70N12O6/c1-7-35(53)43-15-13-41-17-23-51(31-29-49(25-19-45-37(55)9-3)26-20-46-38(56)10-4)33-34-52(24-18-42-14-16-44-36(54)8-2)32-30-50(27-21-47-39(57)11-5)28-22-48-40(58)12-6/h7-12,41-42H,1-6,13-34H2,(H,43,53)(H,44,54)(H,45,55)(H,46,56)(H,47,57)(H,48,58). The molecule has 0 aliphatic heterocycles. The predicted molar refractivity (Wildman–Crippen MR) is 231 cm³/mol. The lowest BCUT2D eigenvalue weighted by Crippen LogP contribution is -2.47. The number of nitrogens with zero attached hydrogens (tertiary/aromatic N) is 4. The molecule has 0 bridgehead atoms. The van der Waals surface area contributed by atoms with Crippen LogP contribution in [0.4, 0.5) is 0 Å². The van der Waals surface area contributed by atoms with Crippen LogP contribution in [0.2, 0.25) is 0 Å². The lowest BCUT2D eigenvalue weighted by Gasteiger charge is -2.32. The first kappa shape index (κ1) is 53.0. The highest BCUT2D eigenvalue weighted by Crippen LogP contribution is 1.98. The molecule has 0 aromatic carbocycles. The SMILES string of the molecule is C=CC(=O)NCCNCCN(CCN(CCNC(=O)C=C)CCNC(=O)C=C)CCN(CCNCCNC(=O)C=C)CCN(CCNC(=O)C=C)CCNC(=O)C=C. The van der Waals surface area contributed by atoms with E-state index >= 15 is 0 Å². The molecule has 0 spiro atoms. The Morgan fingerprint density at radius 3 is 0.690 bits per heavy atom. The van der Waals surface area contributed by atoms with Crippen molar-refractivity contribution < 1.29 is 28.8 Å². The highest BCUT2D eigenvalue weighted by Gasteiger charge is 2.15. The summed E-state index contributed by atoms with van der Waals surface area (Å²) >= 11 is 0. The Balaban J connectivity index is 5.91. The van der Waals surface area contributed by atoms with Gasteiger partial charge in [-0.2, -0.15) is 0 Å². The molecule has 0 rings (SSSR count). The number of carbonyl (C=O) groups is 6. The van der Waals surface area contributed by atoms with Crippen LogP contribution in [-0.4, -0.2) is 199 Å². The van der Waals surface area contributed by atoms with Crippen molar-refractivity contribution in [3.8, 4) is 0 Å². The molecule has 0 aromatic rings. The summed E-state index contributed by atoms with van der Waals surface area (Å²) in [6.45, 7) is 34.1. The molecule has 0 fully saturated rings. The van der Waals surface area contributed by atoms with E-state index in [9.17, 15) is 28.8 Å². The third-order valence-electron chi connectivity index (χ3n) is 8.63. The van der Waals surface area contributed by atoms with E-state index in [1.54, 1.807) is 0 Å². The van der Waals surface area contributed by atoms with Crippen LogP contribution in [0.1, 0.15) is 0 Å². The summed E-state index contributed by atoms with van der Waals surface area (Å²) in [5.74, 6) is -1.47. The summed E-state index contributed by atoms with van der Waals surface area (Å²) in [6, 6.07) is 0. The molecule has 326 valence electrons. The molecule has 18 heteroatoms. The molecule has 0 aromatic heterocycles. The van der Waals surface area contributed by atoms with Crippen molar-refractivity contribution in [3.63, 3.8) is 0 Å². The van der Waals surface area contributed by atoms with E-state index in [2.05, 4.69) is 102 Å². The molecule has 0 atom stereocenters. The zero-order chi connectivity index (χ0) is 43.2. The molecule has 0 heterocycles. The van der Waals surface area contributed by atoms with E-state index in [4.69, 9.17) is 0 Å². The third-order valence-corrected chi connectivity index (χ3v) is 8.63. The van der Waals surface area contributed by atoms with Crippen molar-refractivity contribution >= 4 is 35.4 Å². The monoisotopic (exact) mass is 815 g/mol. The Hall–Kier alpha value is -4.98. The second kappa shape index (κ2) is 36.4. The van der Waals surface area contributed by atoms with Gasteiger partial charge in [0.05, 0.1) is 0 Å². The first-order valence-corrected chi connectivity index (χ1v) is 19.7. The van der Waals surface area contributed by atoms with Crippen LogP contribution in [0.25, 0.3) is 0 Å². The molecular formula is C40H70N12O6. The third kappa shape index (κ3) is 31.1. The Kier molecular flexibility index (Phi) is 33.2. The van der Waals surface area contributed by atoms with Crippen LogP contribution >= 0.6 is 0 Å². The fraction of sp³-hybridized carbons (Fsp3) is 0.550. The van der Waals surface area contributed by atoms with Crippen LogP contribution in [0.15, 0.2) is 75.9 Å². The van der Waals surface area contributed by atoms with Crippen LogP contribution in [0.5, 0.6) is 0 Å². The van der Waals surface area contributed by atoms with E-state index in [1.165, 1.54) is 36.5 Å². The van der Waals surface area contributed by atoms with Gasteiger partial charge in [0.1, 0.15) is 0 Å². The summed E-state index contributed by atoms with van der Waals surface area (Å²) in [5.41, 5.74) is 0. The molecule has 58 heavy (non-hydrogen) atoms. The van der Waals surface area contributed by atoms with E-state index in [0.29, 0.717) is 118 Å². The highest BCUT2D eigenvalue weighted by atomic mass is 16.2. The van der Waals surface area contributed by atoms with Gasteiger partial charge in [0.25, 0.3) is 0 Å². The van der Waals surface area contributed by atoms with E-state index < -0.39 is 0 Å². The quantitative estimate of drug-likeness (QED) is 0.0234. The van der Waals surface area contributed by atoms with Crippen molar-refractivity contribution in [2.24, 2.45) is 0 Å². The Morgan fingerprint density at radius 1 is 0.276 bits per heavy atom. The summed E-state index contributed by atoms with van der Waals surface area (Å²) in [5, 5.41) is 23.6. The Bertz CT molecular complexity index is 1150. The maximum Gasteiger partial charge on any atom is 0.243 e. The van der Waals surface area contributed by atoms with Gasteiger partial charge in [-0.3, -0.25) is 48.4 Å². The average Bonchev–Trinajstić information content (AvgIpc) is 3.23. The van der Waals surface area contributed by atoms with E-state index in [-0.39, 0.29) is 35.4 Å². The molecule has 6 amide bonds. The summed E-state index contributed by atoms with van der Waals surface area (Å²) < 4.78 is 0. The number of hydrogen-bond acceptors (Lipinski definition) is 12. The first-order valence-electron chi connectivity index (χ1n) is 19.7. The minimum Gasteiger partial charge on any atom is -0.351 e. The fourth-order valence-corrected chi connectivity index (χ4v) is 5.24. The van der Waals surface area contributed by atoms with Gasteiger partial charge in [0.15, 0.2) is 0 Å². The number of rotatable bonds is 39. The van der Waals surface area contributed by atoms with Crippen molar-refractivity contribution in [2.45, 2.75) is 0 Å². The predicted octanol–water partition coefficient (Wildman–Crippen LogP) is -2.81. The van der Waals surface area contributed by atoms with Crippen molar-refractivity contribution in [2.75, 3.05) is 144 Å². The molecule has 18 nitrogen and oxygen atoms in total. The lowest BCUT2D eigenvalue weighted by atomic mass is 10.3. The highest BCUT2D eigenvalue weighted by molar-refractivity contribution is 5.88. The number of carbonyl (C=O) groups excluding carboxylic acids is 6. The summed E-state index contributed by atoms with van der Waals surface area (Å²) in [7, 11) is 0. The molecular weight excluding hydrogens is 745 g/mol. The van der Waals surface area contributed by atoms with Crippen molar-refractivity contribution in [1.82, 2.24) is 62.1 Å². The Labute approximate surface area is 345 Å². The molecule has 0 radical (unpaired) electrons. The number of nitrogens with one attached hydrogen (secondary N) is 8. The van der Waals surface area contributed by atoms with Gasteiger partial charge in [-0.15, -0.1) is 0 Å². The fourth-order valence-electron chi connectivity index (χ4n) is 5.24. The summed E-state index contributed by atoms with van der Waals surface area (Å²) in [4.78, 5) is 79.4. The van der Waals surface area contributed by atoms with E-state index in [1.807, 2.05) is 0 Å². The molecule has 0 unspecified atom stereocenters. The van der Waals surface area contributed by atoms with Crippen molar-refractivity contribution in [1.29, 1.82) is 0 Å². The number of amides is 6. The molecule has 0 aliphatic carbocycles. The summed E-state index contributed by atoms with van der Waals surface area (Å²) in [6.07, 6.45) is 7.40. The van der Waals surface area contributed by atoms with Crippen molar-refractivity contribution in [3.05, 3.63) is 75.9 Å². The van der Waals surface area contributed by atoms with E-state index in [0.717, 1.165) is 26.2 Å². The molecule has 0 saturated heterocycles. The maximum atomic E-state index is 11.8. The van der Waals surface area contributed by atoms with Gasteiger partial charge in [-0.1, -0.05) is 39.5 Å². The second-order valence-electron chi connectivity index (χ2n) is 12.8. The zero-order valence-electron chi connectivity index (χ0n) is 34.5. The minimum atomic E-state index is -0.255. The number of hydrogen-bond donors (Lipinski definition) is 8. The van der Waals surface area contributed by atoms with Gasteiger partial charge in [-0.25, -0.2) is 0 Å². The van der Waals surface area contributed by atoms with Gasteiger partial charge in [-0.05, 0) is 36.5 Å². The topological polar surface area (TPSA) is 212 Å². The van der Waals surface area contributed by atoms with Crippen LogP contribution in [-0.2, 0) is 28.8 Å². The first-order chi connectivity index (χ1) is 28.0. The second-order valence-corrected chi connectivity index (χ2v) is 12.8. The van der Waals surface area contributed by atoms with Gasteiger partial charge in [0.2, 0.25) is 35.4 Å². The van der Waals surface area contributed by atoms with Crippen LogP contribution < -0.4 is 42.5 Å². The van der Waals surface area contributed by atoms with Gasteiger partial charge < -0.3 is 42.5 Å². The smallest absolute Gasteiger partial charge is 0.243 e. The lowest BCUT2D eigenvalue weighted by molar-refractivity contribution is -0.117. The average molecular weight is 815 g/mol. The van der Waals surface area contributed by atoms with Gasteiger partial charge >= 0.3 is 0 Å². The largest absolute Gasteiger partial charge is 0.351 e. The maximum absolute atomic E-state index is 11.8. The van der Waals surface area contributed by atoms with Gasteiger partial charge in [0, 0.05) is 144 Å². The molecule has 0 aliphatic rings. The Morgan fingerprint density at radius 2 is 0.466 bits per heavy atom. The molecule has 0 saturated carbocycles. The molecule has 8 N–H and O–H groups in total. The van der Waals surface area contributed by atoms with Crippen LogP contribution in [0, 0.1) is 0 Å². The minimum absolute atomic E-state index is 0.227.